The lowest BCUT2D eigenvalue weighted by atomic mass is 10.2. The number of ether oxygens (including phenoxy) is 1. The zero-order chi connectivity index (χ0) is 17.4. The van der Waals surface area contributed by atoms with Crippen LogP contribution in [0.4, 0.5) is 5.69 Å². The molecule has 0 aliphatic carbocycles. The summed E-state index contributed by atoms with van der Waals surface area (Å²) in [5.41, 5.74) is 7.07. The monoisotopic (exact) mass is 353 g/mol. The van der Waals surface area contributed by atoms with Crippen LogP contribution in [0, 0.1) is 0 Å². The normalized spacial score (nSPS) is 17.8. The fraction of sp³-hybridized carbons (Fsp3) is 0.588. The minimum atomic E-state index is 0.167. The minimum Gasteiger partial charge on any atom is -0.383 e. The molecule has 1 saturated heterocycles. The van der Waals surface area contributed by atoms with Gasteiger partial charge in [0.1, 0.15) is 0 Å². The number of hydrogen-bond donors (Lipinski definition) is 2. The Hall–Kier alpha value is -1.50. The molecule has 0 bridgehead atoms. The molecule has 1 heterocycles. The fourth-order valence-electron chi connectivity index (χ4n) is 2.80. The van der Waals surface area contributed by atoms with Crippen LogP contribution in [0.5, 0.6) is 0 Å². The number of methoxy groups -OCH3 is 1. The van der Waals surface area contributed by atoms with E-state index in [9.17, 15) is 0 Å². The molecule has 0 aromatic heterocycles. The van der Waals surface area contributed by atoms with Crippen LogP contribution in [0.2, 0.25) is 5.02 Å². The summed E-state index contributed by atoms with van der Waals surface area (Å²) < 4.78 is 5.06. The molecule has 2 rings (SSSR count). The molecule has 1 unspecified atom stereocenters. The van der Waals surface area contributed by atoms with Crippen LogP contribution in [-0.4, -0.2) is 69.9 Å². The van der Waals surface area contributed by atoms with Crippen LogP contribution in [-0.2, 0) is 4.74 Å². The number of benzene rings is 1. The summed E-state index contributed by atoms with van der Waals surface area (Å²) in [6.45, 7) is 8.30. The Balaban J connectivity index is 1.69. The van der Waals surface area contributed by atoms with Crippen molar-refractivity contribution in [1.82, 2.24) is 10.2 Å². The van der Waals surface area contributed by atoms with E-state index in [4.69, 9.17) is 22.1 Å². The highest BCUT2D eigenvalue weighted by Gasteiger charge is 2.16. The average molecular weight is 354 g/mol. The predicted octanol–water partition coefficient (Wildman–Crippen LogP) is 1.40. The van der Waals surface area contributed by atoms with Gasteiger partial charge in [0.2, 0.25) is 0 Å². The van der Waals surface area contributed by atoms with Gasteiger partial charge >= 0.3 is 0 Å². The average Bonchev–Trinajstić information content (AvgIpc) is 2.55. The van der Waals surface area contributed by atoms with Gasteiger partial charge in [-0.2, -0.15) is 0 Å². The molecule has 1 atom stereocenters. The first-order chi connectivity index (χ1) is 11.6. The number of nitrogens with one attached hydrogen (secondary N) is 1. The first-order valence-corrected chi connectivity index (χ1v) is 8.74. The van der Waals surface area contributed by atoms with E-state index in [-0.39, 0.29) is 6.04 Å². The lowest BCUT2D eigenvalue weighted by Crippen LogP contribution is -2.47. The van der Waals surface area contributed by atoms with E-state index in [0.29, 0.717) is 19.1 Å². The molecule has 0 spiro atoms. The highest BCUT2D eigenvalue weighted by Crippen LogP contribution is 2.20. The zero-order valence-electron chi connectivity index (χ0n) is 14.5. The van der Waals surface area contributed by atoms with Crippen molar-refractivity contribution in [1.29, 1.82) is 0 Å². The number of aliphatic imine (C=N–C) groups is 1. The smallest absolute Gasteiger partial charge is 0.188 e. The first kappa shape index (κ1) is 18.8. The summed E-state index contributed by atoms with van der Waals surface area (Å²) in [4.78, 5) is 9.17. The van der Waals surface area contributed by atoms with Gasteiger partial charge in [0.15, 0.2) is 5.96 Å². The molecule has 24 heavy (non-hydrogen) atoms. The Labute approximate surface area is 149 Å². The number of nitrogens with zero attached hydrogens (tertiary/aromatic N) is 3. The molecule has 0 saturated carbocycles. The van der Waals surface area contributed by atoms with Gasteiger partial charge in [-0.1, -0.05) is 17.7 Å². The number of anilines is 1. The maximum Gasteiger partial charge on any atom is 0.188 e. The summed E-state index contributed by atoms with van der Waals surface area (Å²) in [6, 6.07) is 8.21. The van der Waals surface area contributed by atoms with E-state index in [1.165, 1.54) is 5.69 Å². The van der Waals surface area contributed by atoms with Crippen LogP contribution in [0.15, 0.2) is 29.3 Å². The Morgan fingerprint density at radius 2 is 2.12 bits per heavy atom. The summed E-state index contributed by atoms with van der Waals surface area (Å²) in [6.07, 6.45) is 0. The van der Waals surface area contributed by atoms with Crippen molar-refractivity contribution in [2.45, 2.75) is 13.0 Å². The lowest BCUT2D eigenvalue weighted by molar-refractivity contribution is 0.179. The van der Waals surface area contributed by atoms with Crippen LogP contribution in [0.3, 0.4) is 0 Å². The second-order valence-electron chi connectivity index (χ2n) is 6.08. The minimum absolute atomic E-state index is 0.167. The van der Waals surface area contributed by atoms with Crippen molar-refractivity contribution in [3.63, 3.8) is 0 Å². The quantitative estimate of drug-likeness (QED) is 0.573. The van der Waals surface area contributed by atoms with Gasteiger partial charge in [0, 0.05) is 56.6 Å². The number of piperazine rings is 1. The molecule has 1 aliphatic rings. The Morgan fingerprint density at radius 3 is 2.79 bits per heavy atom. The lowest BCUT2D eigenvalue weighted by Gasteiger charge is -2.35. The van der Waals surface area contributed by atoms with E-state index in [1.807, 2.05) is 25.1 Å². The highest BCUT2D eigenvalue weighted by atomic mass is 35.5. The fourth-order valence-corrected chi connectivity index (χ4v) is 2.99. The molecule has 0 amide bonds. The second-order valence-corrected chi connectivity index (χ2v) is 6.51. The third-order valence-corrected chi connectivity index (χ3v) is 4.29. The molecule has 0 radical (unpaired) electrons. The highest BCUT2D eigenvalue weighted by molar-refractivity contribution is 6.30. The first-order valence-electron chi connectivity index (χ1n) is 8.36. The van der Waals surface area contributed by atoms with Crippen molar-refractivity contribution in [2.24, 2.45) is 10.7 Å². The van der Waals surface area contributed by atoms with Crippen molar-refractivity contribution < 1.29 is 4.74 Å². The van der Waals surface area contributed by atoms with Crippen LogP contribution < -0.4 is 16.0 Å². The Morgan fingerprint density at radius 1 is 1.38 bits per heavy atom. The Kier molecular flexibility index (Phi) is 7.62. The van der Waals surface area contributed by atoms with Gasteiger partial charge in [-0.3, -0.25) is 9.89 Å². The maximum atomic E-state index is 6.07. The molecule has 3 N–H and O–H groups in total. The topological polar surface area (TPSA) is 66.1 Å². The van der Waals surface area contributed by atoms with Gasteiger partial charge in [0.25, 0.3) is 0 Å². The van der Waals surface area contributed by atoms with E-state index in [2.05, 4.69) is 26.2 Å². The summed E-state index contributed by atoms with van der Waals surface area (Å²) in [5.74, 6) is 0.483. The molecule has 7 heteroatoms. The molecule has 1 fully saturated rings. The van der Waals surface area contributed by atoms with E-state index in [0.717, 1.165) is 37.7 Å². The third-order valence-electron chi connectivity index (χ3n) is 4.05. The van der Waals surface area contributed by atoms with Crippen molar-refractivity contribution in [3.8, 4) is 0 Å². The van der Waals surface area contributed by atoms with Gasteiger partial charge in [-0.25, -0.2) is 0 Å². The third kappa shape index (κ3) is 6.19. The van der Waals surface area contributed by atoms with E-state index < -0.39 is 0 Å². The summed E-state index contributed by atoms with van der Waals surface area (Å²) in [7, 11) is 1.68. The van der Waals surface area contributed by atoms with E-state index >= 15 is 0 Å². The van der Waals surface area contributed by atoms with Gasteiger partial charge in [-0.05, 0) is 25.1 Å². The van der Waals surface area contributed by atoms with Crippen LogP contribution in [0.1, 0.15) is 6.92 Å². The second kappa shape index (κ2) is 9.71. The standard InChI is InChI=1S/C17H28ClN5O/c1-14(13-24-2)21-17(19)20-6-7-22-8-10-23(11-9-22)16-5-3-4-15(18)12-16/h3-5,12,14H,6-11,13H2,1-2H3,(H3,19,20,21). The van der Waals surface area contributed by atoms with Crippen LogP contribution >= 0.6 is 11.6 Å². The number of halogens is 1. The largest absolute Gasteiger partial charge is 0.383 e. The number of hydrogen-bond acceptors (Lipinski definition) is 4. The van der Waals surface area contributed by atoms with Gasteiger partial charge in [-0.15, -0.1) is 0 Å². The van der Waals surface area contributed by atoms with Crippen molar-refractivity contribution in [2.75, 3.05) is 57.9 Å². The molecular formula is C17H28ClN5O. The van der Waals surface area contributed by atoms with Gasteiger partial charge < -0.3 is 20.7 Å². The Bertz CT molecular complexity index is 531. The predicted molar refractivity (Wildman–Crippen MR) is 101 cm³/mol. The number of rotatable bonds is 7. The summed E-state index contributed by atoms with van der Waals surface area (Å²) in [5, 5.41) is 3.90. The van der Waals surface area contributed by atoms with Gasteiger partial charge in [0.05, 0.1) is 13.2 Å². The maximum absolute atomic E-state index is 6.07. The van der Waals surface area contributed by atoms with Crippen molar-refractivity contribution in [3.05, 3.63) is 29.3 Å². The number of guanidine groups is 1. The molecule has 1 aromatic rings. The van der Waals surface area contributed by atoms with Crippen molar-refractivity contribution >= 4 is 23.2 Å². The zero-order valence-corrected chi connectivity index (χ0v) is 15.3. The molecular weight excluding hydrogens is 326 g/mol. The molecule has 134 valence electrons. The van der Waals surface area contributed by atoms with Crippen LogP contribution in [0.25, 0.3) is 0 Å². The number of nitrogens with two attached hydrogens (primary N) is 1. The van der Waals surface area contributed by atoms with E-state index in [1.54, 1.807) is 7.11 Å². The SMILES string of the molecule is COCC(C)NC(N)=NCCN1CCN(c2cccc(Cl)c2)CC1. The molecule has 6 nitrogen and oxygen atoms in total. The summed E-state index contributed by atoms with van der Waals surface area (Å²) >= 11 is 6.07. The molecule has 1 aliphatic heterocycles. The molecule has 1 aromatic carbocycles.